The standard InChI is InChI=1S/C6H12N2O2/c1-7(2)6-3-4-8(9)10-5-6/h4,6H,3,5H2,1-2H3/t6-/m1/s1. The molecule has 0 aromatic rings. The molecule has 0 spiro atoms. The quantitative estimate of drug-likeness (QED) is 0.480. The molecular formula is C6H12N2O2. The second-order valence-corrected chi connectivity index (χ2v) is 2.62. The second kappa shape index (κ2) is 2.88. The lowest BCUT2D eigenvalue weighted by molar-refractivity contribution is -0.744. The average Bonchev–Trinajstić information content (AvgIpc) is 1.88. The summed E-state index contributed by atoms with van der Waals surface area (Å²) in [5, 5.41) is 10.5. The van der Waals surface area contributed by atoms with Gasteiger partial charge in [-0.25, -0.2) is 0 Å². The highest BCUT2D eigenvalue weighted by atomic mass is 16.9. The van der Waals surface area contributed by atoms with Gasteiger partial charge in [0.05, 0.1) is 6.61 Å². The van der Waals surface area contributed by atoms with Crippen molar-refractivity contribution < 1.29 is 9.74 Å². The maximum atomic E-state index is 10.5. The summed E-state index contributed by atoms with van der Waals surface area (Å²) in [6.07, 6.45) is 2.28. The second-order valence-electron chi connectivity index (χ2n) is 2.62. The Morgan fingerprint density at radius 1 is 1.70 bits per heavy atom. The van der Waals surface area contributed by atoms with Crippen LogP contribution in [0.1, 0.15) is 6.42 Å². The SMILES string of the molecule is CN(C)[C@@H]1CC=[N+]([O-])OC1. The zero-order valence-electron chi connectivity index (χ0n) is 6.28. The van der Waals surface area contributed by atoms with Gasteiger partial charge in [0.2, 0.25) is 6.21 Å². The van der Waals surface area contributed by atoms with Crippen LogP contribution in [-0.4, -0.2) is 42.8 Å². The summed E-state index contributed by atoms with van der Waals surface area (Å²) in [6, 6.07) is 0.352. The van der Waals surface area contributed by atoms with E-state index in [-0.39, 0.29) is 0 Å². The lowest BCUT2D eigenvalue weighted by atomic mass is 10.2. The molecule has 1 heterocycles. The van der Waals surface area contributed by atoms with Crippen molar-refractivity contribution in [2.24, 2.45) is 0 Å². The Kier molecular flexibility index (Phi) is 2.11. The molecule has 58 valence electrons. The van der Waals surface area contributed by atoms with Crippen molar-refractivity contribution in [2.45, 2.75) is 12.5 Å². The summed E-state index contributed by atoms with van der Waals surface area (Å²) in [6.45, 7) is 0.493. The lowest BCUT2D eigenvalue weighted by Gasteiger charge is -2.25. The van der Waals surface area contributed by atoms with E-state index in [2.05, 4.69) is 0 Å². The van der Waals surface area contributed by atoms with Crippen LogP contribution in [0.5, 0.6) is 0 Å². The predicted molar refractivity (Wildman–Crippen MR) is 37.7 cm³/mol. The van der Waals surface area contributed by atoms with Crippen LogP contribution in [0, 0.1) is 5.21 Å². The zero-order chi connectivity index (χ0) is 7.56. The van der Waals surface area contributed by atoms with Crippen LogP contribution in [0.25, 0.3) is 0 Å². The molecule has 0 radical (unpaired) electrons. The molecule has 4 heteroatoms. The molecule has 0 N–H and O–H groups in total. The molecular weight excluding hydrogens is 132 g/mol. The van der Waals surface area contributed by atoms with Crippen molar-refractivity contribution >= 4 is 6.21 Å². The Morgan fingerprint density at radius 2 is 2.40 bits per heavy atom. The highest BCUT2D eigenvalue weighted by Gasteiger charge is 2.16. The van der Waals surface area contributed by atoms with Crippen molar-refractivity contribution in [3.63, 3.8) is 0 Å². The van der Waals surface area contributed by atoms with Gasteiger partial charge >= 0.3 is 0 Å². The summed E-state index contributed by atoms with van der Waals surface area (Å²) in [7, 11) is 3.95. The van der Waals surface area contributed by atoms with Gasteiger partial charge in [-0.3, -0.25) is 5.21 Å². The van der Waals surface area contributed by atoms with Gasteiger partial charge in [-0.1, -0.05) is 0 Å². The minimum atomic E-state index is 0.352. The molecule has 0 fully saturated rings. The molecule has 0 amide bonds. The zero-order valence-corrected chi connectivity index (χ0v) is 6.28. The Labute approximate surface area is 60.2 Å². The van der Waals surface area contributed by atoms with Gasteiger partial charge in [0.15, 0.2) is 0 Å². The smallest absolute Gasteiger partial charge is 0.211 e. The van der Waals surface area contributed by atoms with Crippen molar-refractivity contribution in [1.82, 2.24) is 4.90 Å². The van der Waals surface area contributed by atoms with E-state index in [4.69, 9.17) is 4.84 Å². The van der Waals surface area contributed by atoms with E-state index < -0.39 is 0 Å². The topological polar surface area (TPSA) is 38.5 Å². The van der Waals surface area contributed by atoms with Gasteiger partial charge in [0.1, 0.15) is 0 Å². The number of likely N-dealkylation sites (N-methyl/N-ethyl adjacent to an activating group) is 1. The molecule has 1 aliphatic rings. The van der Waals surface area contributed by atoms with Crippen molar-refractivity contribution in [2.75, 3.05) is 20.7 Å². The van der Waals surface area contributed by atoms with E-state index in [1.807, 2.05) is 19.0 Å². The molecule has 0 bridgehead atoms. The Hall–Kier alpha value is -0.770. The third-order valence-electron chi connectivity index (χ3n) is 1.65. The third kappa shape index (κ3) is 1.60. The van der Waals surface area contributed by atoms with E-state index in [1.54, 1.807) is 0 Å². The van der Waals surface area contributed by atoms with Crippen LogP contribution in [0.15, 0.2) is 0 Å². The molecule has 1 atom stereocenters. The molecule has 0 aromatic heterocycles. The van der Waals surface area contributed by atoms with Crippen molar-refractivity contribution in [3.05, 3.63) is 5.21 Å². The van der Waals surface area contributed by atoms with E-state index in [9.17, 15) is 5.21 Å². The van der Waals surface area contributed by atoms with Crippen molar-refractivity contribution in [3.8, 4) is 0 Å². The number of hydrogen-bond donors (Lipinski definition) is 0. The van der Waals surface area contributed by atoms with Gasteiger partial charge in [-0.15, -0.1) is 0 Å². The summed E-state index contributed by atoms with van der Waals surface area (Å²) >= 11 is 0. The minimum Gasteiger partial charge on any atom is -0.402 e. The van der Waals surface area contributed by atoms with Crippen LogP contribution >= 0.6 is 0 Å². The Morgan fingerprint density at radius 3 is 2.80 bits per heavy atom. The first-order valence-corrected chi connectivity index (χ1v) is 3.29. The van der Waals surface area contributed by atoms with Gasteiger partial charge in [-0.05, 0) is 14.1 Å². The maximum absolute atomic E-state index is 10.5. The van der Waals surface area contributed by atoms with E-state index in [0.717, 1.165) is 6.42 Å². The summed E-state index contributed by atoms with van der Waals surface area (Å²) in [5.74, 6) is 0. The molecule has 0 aliphatic carbocycles. The molecule has 10 heavy (non-hydrogen) atoms. The largest absolute Gasteiger partial charge is 0.402 e. The van der Waals surface area contributed by atoms with E-state index in [1.165, 1.54) is 6.21 Å². The number of hydrogen-bond acceptors (Lipinski definition) is 3. The third-order valence-corrected chi connectivity index (χ3v) is 1.65. The summed E-state index contributed by atoms with van der Waals surface area (Å²) < 4.78 is 0. The summed E-state index contributed by atoms with van der Waals surface area (Å²) in [5.41, 5.74) is 0. The Bertz CT molecular complexity index is 145. The maximum Gasteiger partial charge on any atom is 0.211 e. The molecule has 0 aromatic carbocycles. The van der Waals surface area contributed by atoms with E-state index in [0.29, 0.717) is 17.6 Å². The molecule has 1 aliphatic heterocycles. The normalized spacial score (nSPS) is 25.9. The first kappa shape index (κ1) is 7.34. The van der Waals surface area contributed by atoms with Crippen LogP contribution in [0.3, 0.4) is 0 Å². The molecule has 1 rings (SSSR count). The van der Waals surface area contributed by atoms with Gasteiger partial charge in [-0.2, -0.15) is 0 Å². The minimum absolute atomic E-state index is 0.352. The highest BCUT2D eigenvalue weighted by molar-refractivity contribution is 5.52. The van der Waals surface area contributed by atoms with Crippen LogP contribution in [0.4, 0.5) is 0 Å². The van der Waals surface area contributed by atoms with Crippen LogP contribution < -0.4 is 0 Å². The Balaban J connectivity index is 2.42. The molecule has 0 unspecified atom stereocenters. The highest BCUT2D eigenvalue weighted by Crippen LogP contribution is 2.02. The monoisotopic (exact) mass is 144 g/mol. The average molecular weight is 144 g/mol. The van der Waals surface area contributed by atoms with Gasteiger partial charge in [0, 0.05) is 17.4 Å². The lowest BCUT2D eigenvalue weighted by Crippen LogP contribution is -2.37. The fourth-order valence-electron chi connectivity index (χ4n) is 0.848. The predicted octanol–water partition coefficient (Wildman–Crippen LogP) is -0.167. The number of nitrogens with zero attached hydrogens (tertiary/aromatic N) is 2. The molecule has 4 nitrogen and oxygen atoms in total. The first-order chi connectivity index (χ1) is 4.70. The van der Waals surface area contributed by atoms with Crippen LogP contribution in [0.2, 0.25) is 0 Å². The van der Waals surface area contributed by atoms with Crippen molar-refractivity contribution in [1.29, 1.82) is 0 Å². The fourth-order valence-corrected chi connectivity index (χ4v) is 0.848. The van der Waals surface area contributed by atoms with Gasteiger partial charge in [0.25, 0.3) is 0 Å². The first-order valence-electron chi connectivity index (χ1n) is 3.29. The van der Waals surface area contributed by atoms with Gasteiger partial charge < -0.3 is 9.74 Å². The van der Waals surface area contributed by atoms with E-state index >= 15 is 0 Å². The fraction of sp³-hybridized carbons (Fsp3) is 0.833. The summed E-state index contributed by atoms with van der Waals surface area (Å²) in [4.78, 5) is 7.31. The number of rotatable bonds is 1. The molecule has 0 saturated carbocycles. The molecule has 0 saturated heterocycles. The van der Waals surface area contributed by atoms with Crippen LogP contribution in [-0.2, 0) is 4.84 Å².